The van der Waals surface area contributed by atoms with Gasteiger partial charge in [-0.15, -0.1) is 0 Å². The maximum atomic E-state index is 11.9. The predicted molar refractivity (Wildman–Crippen MR) is 101 cm³/mol. The van der Waals surface area contributed by atoms with E-state index in [0.717, 1.165) is 3.57 Å². The van der Waals surface area contributed by atoms with Gasteiger partial charge in [0.05, 0.1) is 0 Å². The summed E-state index contributed by atoms with van der Waals surface area (Å²) in [6.45, 7) is 2.94. The van der Waals surface area contributed by atoms with Crippen molar-refractivity contribution < 1.29 is 19.4 Å². The van der Waals surface area contributed by atoms with Gasteiger partial charge in [0.15, 0.2) is 5.60 Å². The van der Waals surface area contributed by atoms with Gasteiger partial charge in [-0.3, -0.25) is 0 Å². The first kappa shape index (κ1) is 18.1. The third-order valence-corrected chi connectivity index (χ3v) is 3.82. The lowest BCUT2D eigenvalue weighted by Crippen LogP contribution is -2.37. The average Bonchev–Trinajstić information content (AvgIpc) is 2.51. The molecule has 0 unspecified atom stereocenters. The SMILES string of the molecule is CC(C)(Oc1ccc(NC(=O)Nc2ccc(I)cc2)cc1)C(=O)O. The number of carbonyl (C=O) groups is 2. The number of aliphatic carboxylic acids is 1. The Bertz CT molecular complexity index is 727. The molecular formula is C17H17IN2O4. The molecule has 0 bridgehead atoms. The summed E-state index contributed by atoms with van der Waals surface area (Å²) in [6.07, 6.45) is 0. The van der Waals surface area contributed by atoms with Crippen molar-refractivity contribution in [3.8, 4) is 5.75 Å². The van der Waals surface area contributed by atoms with E-state index in [-0.39, 0.29) is 6.03 Å². The fourth-order valence-corrected chi connectivity index (χ4v) is 2.13. The van der Waals surface area contributed by atoms with E-state index in [0.29, 0.717) is 17.1 Å². The number of nitrogens with one attached hydrogen (secondary N) is 2. The maximum Gasteiger partial charge on any atom is 0.347 e. The summed E-state index contributed by atoms with van der Waals surface area (Å²) in [5, 5.41) is 14.5. The minimum Gasteiger partial charge on any atom is -0.478 e. The number of hydrogen-bond donors (Lipinski definition) is 3. The standard InChI is InChI=1S/C17H17IN2O4/c1-17(2,15(21)22)24-14-9-7-13(8-10-14)20-16(23)19-12-5-3-11(18)4-6-12/h3-10H,1-2H3,(H,21,22)(H2,19,20,23). The molecule has 0 aromatic heterocycles. The van der Waals surface area contributed by atoms with Crippen LogP contribution in [0.15, 0.2) is 48.5 Å². The quantitative estimate of drug-likeness (QED) is 0.609. The number of ether oxygens (including phenoxy) is 1. The Labute approximate surface area is 153 Å². The number of carboxylic acid groups (broad SMARTS) is 1. The Morgan fingerprint density at radius 2 is 1.42 bits per heavy atom. The van der Waals surface area contributed by atoms with Crippen LogP contribution in [0.2, 0.25) is 0 Å². The predicted octanol–water partition coefficient (Wildman–Crippen LogP) is 4.18. The molecule has 0 aliphatic rings. The van der Waals surface area contributed by atoms with Crippen LogP contribution < -0.4 is 15.4 Å². The van der Waals surface area contributed by atoms with Crippen molar-refractivity contribution in [2.24, 2.45) is 0 Å². The summed E-state index contributed by atoms with van der Waals surface area (Å²) in [4.78, 5) is 23.0. The second-order valence-electron chi connectivity index (χ2n) is 5.53. The number of amides is 2. The molecule has 24 heavy (non-hydrogen) atoms. The lowest BCUT2D eigenvalue weighted by atomic mass is 10.1. The van der Waals surface area contributed by atoms with Crippen molar-refractivity contribution >= 4 is 46.0 Å². The third-order valence-electron chi connectivity index (χ3n) is 3.10. The number of halogens is 1. The van der Waals surface area contributed by atoms with Crippen molar-refractivity contribution in [2.75, 3.05) is 10.6 Å². The number of hydrogen-bond acceptors (Lipinski definition) is 3. The van der Waals surface area contributed by atoms with Crippen LogP contribution in [0.1, 0.15) is 13.8 Å². The molecule has 0 saturated heterocycles. The normalized spacial score (nSPS) is 10.8. The molecule has 6 nitrogen and oxygen atoms in total. The Kier molecular flexibility index (Phi) is 5.66. The van der Waals surface area contributed by atoms with Crippen molar-refractivity contribution in [2.45, 2.75) is 19.4 Å². The highest BCUT2D eigenvalue weighted by atomic mass is 127. The van der Waals surface area contributed by atoms with E-state index in [1.807, 2.05) is 24.3 Å². The highest BCUT2D eigenvalue weighted by Crippen LogP contribution is 2.21. The van der Waals surface area contributed by atoms with Crippen LogP contribution in [-0.2, 0) is 4.79 Å². The van der Waals surface area contributed by atoms with E-state index in [1.165, 1.54) is 13.8 Å². The van der Waals surface area contributed by atoms with Crippen LogP contribution in [0.5, 0.6) is 5.75 Å². The van der Waals surface area contributed by atoms with Gasteiger partial charge in [-0.05, 0) is 85.0 Å². The Hall–Kier alpha value is -2.29. The van der Waals surface area contributed by atoms with E-state index >= 15 is 0 Å². The van der Waals surface area contributed by atoms with E-state index in [9.17, 15) is 9.59 Å². The van der Waals surface area contributed by atoms with E-state index in [2.05, 4.69) is 33.2 Å². The summed E-state index contributed by atoms with van der Waals surface area (Å²) < 4.78 is 6.48. The number of urea groups is 1. The Balaban J connectivity index is 1.94. The Morgan fingerprint density at radius 1 is 0.958 bits per heavy atom. The Morgan fingerprint density at radius 3 is 1.88 bits per heavy atom. The molecule has 126 valence electrons. The zero-order valence-corrected chi connectivity index (χ0v) is 15.3. The molecule has 7 heteroatoms. The summed E-state index contributed by atoms with van der Waals surface area (Å²) in [7, 11) is 0. The summed E-state index contributed by atoms with van der Waals surface area (Å²) >= 11 is 2.19. The van der Waals surface area contributed by atoms with Gasteiger partial charge >= 0.3 is 12.0 Å². The van der Waals surface area contributed by atoms with Crippen LogP contribution >= 0.6 is 22.6 Å². The maximum absolute atomic E-state index is 11.9. The van der Waals surface area contributed by atoms with Gasteiger partial charge in [0.25, 0.3) is 0 Å². The van der Waals surface area contributed by atoms with Gasteiger partial charge in [0, 0.05) is 14.9 Å². The lowest BCUT2D eigenvalue weighted by Gasteiger charge is -2.21. The third kappa shape index (κ3) is 5.12. The van der Waals surface area contributed by atoms with Crippen LogP contribution in [0, 0.1) is 3.57 Å². The first-order chi connectivity index (χ1) is 11.3. The second kappa shape index (κ2) is 7.52. The monoisotopic (exact) mass is 440 g/mol. The minimum atomic E-state index is -1.32. The average molecular weight is 440 g/mol. The fourth-order valence-electron chi connectivity index (χ4n) is 1.77. The van der Waals surface area contributed by atoms with Gasteiger partial charge in [-0.2, -0.15) is 0 Å². The van der Waals surface area contributed by atoms with Crippen LogP contribution in [0.3, 0.4) is 0 Å². The zero-order chi connectivity index (χ0) is 17.7. The van der Waals surface area contributed by atoms with Gasteiger partial charge < -0.3 is 20.5 Å². The van der Waals surface area contributed by atoms with Gasteiger partial charge in [0.2, 0.25) is 0 Å². The van der Waals surface area contributed by atoms with Crippen molar-refractivity contribution in [1.29, 1.82) is 0 Å². The van der Waals surface area contributed by atoms with Gasteiger partial charge in [-0.1, -0.05) is 0 Å². The highest BCUT2D eigenvalue weighted by molar-refractivity contribution is 14.1. The van der Waals surface area contributed by atoms with E-state index < -0.39 is 11.6 Å². The molecular weight excluding hydrogens is 423 g/mol. The summed E-state index contributed by atoms with van der Waals surface area (Å²) in [5.74, 6) is -0.646. The molecule has 2 aromatic carbocycles. The molecule has 2 rings (SSSR count). The molecule has 2 amide bonds. The van der Waals surface area contributed by atoms with Crippen molar-refractivity contribution in [1.82, 2.24) is 0 Å². The second-order valence-corrected chi connectivity index (χ2v) is 6.77. The molecule has 0 aliphatic carbocycles. The first-order valence-corrected chi connectivity index (χ1v) is 8.20. The molecule has 0 radical (unpaired) electrons. The van der Waals surface area contributed by atoms with Crippen LogP contribution in [-0.4, -0.2) is 22.7 Å². The summed E-state index contributed by atoms with van der Waals surface area (Å²) in [5.41, 5.74) is -0.0634. The molecule has 2 aromatic rings. The smallest absolute Gasteiger partial charge is 0.347 e. The number of carboxylic acids is 1. The molecule has 3 N–H and O–H groups in total. The summed E-state index contributed by atoms with van der Waals surface area (Å²) in [6, 6.07) is 13.5. The fraction of sp³-hybridized carbons (Fsp3) is 0.176. The lowest BCUT2D eigenvalue weighted by molar-refractivity contribution is -0.152. The van der Waals surface area contributed by atoms with E-state index in [4.69, 9.17) is 9.84 Å². The molecule has 0 fully saturated rings. The molecule has 0 heterocycles. The molecule has 0 atom stereocenters. The topological polar surface area (TPSA) is 87.7 Å². The van der Waals surface area contributed by atoms with Crippen LogP contribution in [0.4, 0.5) is 16.2 Å². The van der Waals surface area contributed by atoms with Crippen molar-refractivity contribution in [3.63, 3.8) is 0 Å². The molecule has 0 spiro atoms. The van der Waals surface area contributed by atoms with Gasteiger partial charge in [0.1, 0.15) is 5.75 Å². The van der Waals surface area contributed by atoms with Crippen molar-refractivity contribution in [3.05, 3.63) is 52.1 Å². The molecule has 0 saturated carbocycles. The first-order valence-electron chi connectivity index (χ1n) is 7.12. The minimum absolute atomic E-state index is 0.365. The number of anilines is 2. The zero-order valence-electron chi connectivity index (χ0n) is 13.2. The largest absolute Gasteiger partial charge is 0.478 e. The number of rotatable bonds is 5. The number of carbonyl (C=O) groups excluding carboxylic acids is 1. The van der Waals surface area contributed by atoms with Crippen LogP contribution in [0.25, 0.3) is 0 Å². The van der Waals surface area contributed by atoms with E-state index in [1.54, 1.807) is 24.3 Å². The van der Waals surface area contributed by atoms with Gasteiger partial charge in [-0.25, -0.2) is 9.59 Å². The number of benzene rings is 2. The molecule has 0 aliphatic heterocycles. The highest BCUT2D eigenvalue weighted by Gasteiger charge is 2.29.